The Morgan fingerprint density at radius 1 is 1.00 bits per heavy atom. The average molecular weight is 256 g/mol. The van der Waals surface area contributed by atoms with E-state index in [0.29, 0.717) is 12.4 Å². The van der Waals surface area contributed by atoms with E-state index in [1.165, 1.54) is 5.56 Å². The van der Waals surface area contributed by atoms with Gasteiger partial charge in [0, 0.05) is 0 Å². The number of carboxylic acids is 1. The lowest BCUT2D eigenvalue weighted by molar-refractivity contribution is 0.0697. The molecule has 19 heavy (non-hydrogen) atoms. The molecule has 3 nitrogen and oxygen atoms in total. The molecule has 0 unspecified atom stereocenters. The number of hydrogen-bond acceptors (Lipinski definition) is 2. The molecular formula is C16H16O3. The first-order chi connectivity index (χ1) is 9.25. The van der Waals surface area contributed by atoms with Gasteiger partial charge in [-0.2, -0.15) is 0 Å². The van der Waals surface area contributed by atoms with Crippen LogP contribution < -0.4 is 4.74 Å². The summed E-state index contributed by atoms with van der Waals surface area (Å²) in [6.07, 6.45) is 1.92. The maximum Gasteiger partial charge on any atom is 0.335 e. The fourth-order valence-corrected chi connectivity index (χ4v) is 1.80. The number of rotatable bonds is 6. The number of aromatic carboxylic acids is 1. The molecule has 2 aromatic carbocycles. The van der Waals surface area contributed by atoms with Gasteiger partial charge >= 0.3 is 5.97 Å². The second-order valence-corrected chi connectivity index (χ2v) is 4.27. The first-order valence-corrected chi connectivity index (χ1v) is 6.26. The molecule has 0 heterocycles. The van der Waals surface area contributed by atoms with Gasteiger partial charge in [-0.1, -0.05) is 30.3 Å². The van der Waals surface area contributed by atoms with Crippen molar-refractivity contribution in [2.24, 2.45) is 0 Å². The number of benzene rings is 2. The minimum absolute atomic E-state index is 0.275. The van der Waals surface area contributed by atoms with Crippen molar-refractivity contribution in [3.05, 3.63) is 65.7 Å². The zero-order chi connectivity index (χ0) is 13.5. The number of ether oxygens (including phenoxy) is 1. The summed E-state index contributed by atoms with van der Waals surface area (Å²) >= 11 is 0. The molecule has 98 valence electrons. The Hall–Kier alpha value is -2.29. The zero-order valence-corrected chi connectivity index (χ0v) is 10.6. The Bertz CT molecular complexity index is 517. The van der Waals surface area contributed by atoms with E-state index in [0.717, 1.165) is 12.8 Å². The van der Waals surface area contributed by atoms with Gasteiger partial charge in [-0.15, -0.1) is 0 Å². The molecule has 0 aliphatic heterocycles. The van der Waals surface area contributed by atoms with Crippen LogP contribution >= 0.6 is 0 Å². The van der Waals surface area contributed by atoms with E-state index in [1.54, 1.807) is 24.3 Å². The summed E-state index contributed by atoms with van der Waals surface area (Å²) in [5, 5.41) is 8.78. The molecule has 3 heteroatoms. The Morgan fingerprint density at radius 2 is 1.68 bits per heavy atom. The molecule has 0 aliphatic rings. The molecule has 0 saturated carbocycles. The Labute approximate surface area is 112 Å². The van der Waals surface area contributed by atoms with Crippen molar-refractivity contribution in [1.82, 2.24) is 0 Å². The summed E-state index contributed by atoms with van der Waals surface area (Å²) in [5.41, 5.74) is 1.57. The van der Waals surface area contributed by atoms with Crippen molar-refractivity contribution in [2.45, 2.75) is 12.8 Å². The van der Waals surface area contributed by atoms with Crippen LogP contribution in [0.2, 0.25) is 0 Å². The van der Waals surface area contributed by atoms with E-state index in [4.69, 9.17) is 9.84 Å². The summed E-state index contributed by atoms with van der Waals surface area (Å²) in [4.78, 5) is 10.7. The molecule has 2 aromatic rings. The van der Waals surface area contributed by atoms with Gasteiger partial charge in [-0.05, 0) is 42.7 Å². The maximum absolute atomic E-state index is 10.7. The van der Waals surface area contributed by atoms with Gasteiger partial charge in [0.05, 0.1) is 12.2 Å². The number of hydrogen-bond donors (Lipinski definition) is 1. The zero-order valence-electron chi connectivity index (χ0n) is 10.6. The predicted octanol–water partition coefficient (Wildman–Crippen LogP) is 3.40. The highest BCUT2D eigenvalue weighted by molar-refractivity contribution is 5.87. The lowest BCUT2D eigenvalue weighted by Gasteiger charge is -2.06. The van der Waals surface area contributed by atoms with Crippen LogP contribution in [0.1, 0.15) is 22.3 Å². The Morgan fingerprint density at radius 3 is 2.32 bits per heavy atom. The highest BCUT2D eigenvalue weighted by Gasteiger charge is 2.01. The summed E-state index contributed by atoms with van der Waals surface area (Å²) in [6, 6.07) is 16.7. The monoisotopic (exact) mass is 256 g/mol. The first kappa shape index (κ1) is 13.1. The van der Waals surface area contributed by atoms with Crippen LogP contribution in [-0.4, -0.2) is 17.7 Å². The minimum atomic E-state index is -0.921. The standard InChI is InChI=1S/C16H16O3/c17-16(18)14-8-10-15(11-9-14)19-12-4-7-13-5-2-1-3-6-13/h1-3,5-6,8-11H,4,7,12H2,(H,17,18). The molecule has 0 fully saturated rings. The lowest BCUT2D eigenvalue weighted by Crippen LogP contribution is -2.00. The first-order valence-electron chi connectivity index (χ1n) is 6.26. The molecule has 0 spiro atoms. The molecule has 0 aliphatic carbocycles. The van der Waals surface area contributed by atoms with E-state index in [1.807, 2.05) is 18.2 Å². The van der Waals surface area contributed by atoms with Crippen molar-refractivity contribution in [1.29, 1.82) is 0 Å². The van der Waals surface area contributed by atoms with Gasteiger partial charge in [-0.3, -0.25) is 0 Å². The molecule has 1 N–H and O–H groups in total. The lowest BCUT2D eigenvalue weighted by atomic mass is 10.1. The largest absolute Gasteiger partial charge is 0.494 e. The van der Waals surface area contributed by atoms with Crippen LogP contribution in [0.5, 0.6) is 5.75 Å². The Balaban J connectivity index is 1.75. The van der Waals surface area contributed by atoms with Gasteiger partial charge in [-0.25, -0.2) is 4.79 Å². The van der Waals surface area contributed by atoms with Crippen molar-refractivity contribution in [2.75, 3.05) is 6.61 Å². The van der Waals surface area contributed by atoms with Crippen LogP contribution in [-0.2, 0) is 6.42 Å². The van der Waals surface area contributed by atoms with Gasteiger partial charge in [0.2, 0.25) is 0 Å². The minimum Gasteiger partial charge on any atom is -0.494 e. The SMILES string of the molecule is O=C(O)c1ccc(OCCCc2ccccc2)cc1. The molecule has 0 amide bonds. The van der Waals surface area contributed by atoms with Crippen LogP contribution in [0.15, 0.2) is 54.6 Å². The fraction of sp³-hybridized carbons (Fsp3) is 0.188. The van der Waals surface area contributed by atoms with E-state index >= 15 is 0 Å². The third kappa shape index (κ3) is 4.14. The van der Waals surface area contributed by atoms with Crippen LogP contribution in [0.25, 0.3) is 0 Å². The number of aryl methyl sites for hydroxylation is 1. The highest BCUT2D eigenvalue weighted by atomic mass is 16.5. The van der Waals surface area contributed by atoms with Gasteiger partial charge in [0.15, 0.2) is 0 Å². The highest BCUT2D eigenvalue weighted by Crippen LogP contribution is 2.13. The third-order valence-corrected chi connectivity index (χ3v) is 2.82. The van der Waals surface area contributed by atoms with Gasteiger partial charge < -0.3 is 9.84 Å². The third-order valence-electron chi connectivity index (χ3n) is 2.82. The second kappa shape index (κ2) is 6.59. The van der Waals surface area contributed by atoms with Crippen molar-refractivity contribution < 1.29 is 14.6 Å². The summed E-state index contributed by atoms with van der Waals surface area (Å²) in [6.45, 7) is 0.626. The second-order valence-electron chi connectivity index (χ2n) is 4.27. The molecule has 0 bridgehead atoms. The van der Waals surface area contributed by atoms with Crippen molar-refractivity contribution in [3.8, 4) is 5.75 Å². The van der Waals surface area contributed by atoms with E-state index in [-0.39, 0.29) is 5.56 Å². The molecule has 2 rings (SSSR count). The number of carboxylic acid groups (broad SMARTS) is 1. The van der Waals surface area contributed by atoms with Gasteiger partial charge in [0.1, 0.15) is 5.75 Å². The number of carbonyl (C=O) groups is 1. The molecular weight excluding hydrogens is 240 g/mol. The summed E-state index contributed by atoms with van der Waals surface area (Å²) in [7, 11) is 0. The summed E-state index contributed by atoms with van der Waals surface area (Å²) in [5.74, 6) is -0.214. The van der Waals surface area contributed by atoms with E-state index in [9.17, 15) is 4.79 Å². The average Bonchev–Trinajstić information content (AvgIpc) is 2.45. The Kier molecular flexibility index (Phi) is 4.56. The predicted molar refractivity (Wildman–Crippen MR) is 73.7 cm³/mol. The maximum atomic E-state index is 10.7. The van der Waals surface area contributed by atoms with Crippen LogP contribution in [0.4, 0.5) is 0 Å². The molecule has 0 saturated heterocycles. The van der Waals surface area contributed by atoms with Crippen LogP contribution in [0.3, 0.4) is 0 Å². The van der Waals surface area contributed by atoms with Crippen LogP contribution in [0, 0.1) is 0 Å². The molecule has 0 aromatic heterocycles. The quantitative estimate of drug-likeness (QED) is 0.806. The van der Waals surface area contributed by atoms with E-state index < -0.39 is 5.97 Å². The fourth-order valence-electron chi connectivity index (χ4n) is 1.80. The topological polar surface area (TPSA) is 46.5 Å². The molecule has 0 atom stereocenters. The van der Waals surface area contributed by atoms with Gasteiger partial charge in [0.25, 0.3) is 0 Å². The van der Waals surface area contributed by atoms with Crippen molar-refractivity contribution >= 4 is 5.97 Å². The normalized spacial score (nSPS) is 10.1. The molecule has 0 radical (unpaired) electrons. The van der Waals surface area contributed by atoms with E-state index in [2.05, 4.69) is 12.1 Å². The van der Waals surface area contributed by atoms with Crippen molar-refractivity contribution in [3.63, 3.8) is 0 Å². The smallest absolute Gasteiger partial charge is 0.335 e. The summed E-state index contributed by atoms with van der Waals surface area (Å²) < 4.78 is 5.57.